The third-order valence-electron chi connectivity index (χ3n) is 7.07. The van der Waals surface area contributed by atoms with E-state index >= 15 is 0 Å². The second kappa shape index (κ2) is 15.5. The van der Waals surface area contributed by atoms with Gasteiger partial charge in [0.25, 0.3) is 0 Å². The van der Waals surface area contributed by atoms with Crippen LogP contribution in [-0.4, -0.2) is 55.5 Å². The van der Waals surface area contributed by atoms with E-state index in [0.29, 0.717) is 24.8 Å². The number of piperidine rings is 1. The number of benzene rings is 3. The lowest BCUT2D eigenvalue weighted by Crippen LogP contribution is -2.44. The van der Waals surface area contributed by atoms with Gasteiger partial charge in [0.2, 0.25) is 12.7 Å². The highest BCUT2D eigenvalue weighted by Crippen LogP contribution is 2.35. The fraction of sp³-hybridized carbons (Fsp3) is 0.412. The quantitative estimate of drug-likeness (QED) is 0.309. The molecule has 242 valence electrons. The van der Waals surface area contributed by atoms with Gasteiger partial charge in [0.05, 0.1) is 13.0 Å². The summed E-state index contributed by atoms with van der Waals surface area (Å²) in [5, 5.41) is 2.52. The molecule has 2 amide bonds. The fourth-order valence-electron chi connectivity index (χ4n) is 4.85. The Hall–Kier alpha value is -4.41. The summed E-state index contributed by atoms with van der Waals surface area (Å²) in [4.78, 5) is 25.6. The molecule has 0 aromatic heterocycles. The molecule has 1 atom stereocenters. The largest absolute Gasteiger partial charge is 0.493 e. The van der Waals surface area contributed by atoms with Gasteiger partial charge in [-0.05, 0) is 75.9 Å². The summed E-state index contributed by atoms with van der Waals surface area (Å²) < 4.78 is 62.1. The maximum atomic E-state index is 13.4. The highest BCUT2D eigenvalue weighted by Gasteiger charge is 2.28. The normalized spacial score (nSPS) is 15.5. The van der Waals surface area contributed by atoms with Crippen LogP contribution in [0, 0.1) is 23.4 Å². The van der Waals surface area contributed by atoms with Crippen molar-refractivity contribution >= 4 is 12.0 Å². The van der Waals surface area contributed by atoms with E-state index in [9.17, 15) is 22.8 Å². The zero-order valence-corrected chi connectivity index (χ0v) is 25.7. The van der Waals surface area contributed by atoms with Gasteiger partial charge in [-0.15, -0.1) is 0 Å². The second-order valence-corrected chi connectivity index (χ2v) is 11.8. The average molecular weight is 629 g/mol. The number of carbonyl (C=O) groups is 2. The summed E-state index contributed by atoms with van der Waals surface area (Å²) in [6, 6.07) is 15.2. The number of rotatable bonds is 8. The minimum atomic E-state index is -0.640. The van der Waals surface area contributed by atoms with E-state index in [2.05, 4.69) is 5.32 Å². The Labute approximate surface area is 261 Å². The SMILES string of the molecule is CC(C)(C)OC(=O)N1CCCC(COc2ccc3c(c2)OCO3)C1.O=C(Cc1ccccc1F)NCCc1c(F)cccc1F. The third kappa shape index (κ3) is 10.3. The van der Waals surface area contributed by atoms with Crippen molar-refractivity contribution in [2.75, 3.05) is 33.0 Å². The predicted octanol–water partition coefficient (Wildman–Crippen LogP) is 6.45. The molecule has 0 bridgehead atoms. The highest BCUT2D eigenvalue weighted by molar-refractivity contribution is 5.78. The van der Waals surface area contributed by atoms with Gasteiger partial charge in [-0.2, -0.15) is 0 Å². The molecule has 1 N–H and O–H groups in total. The smallest absolute Gasteiger partial charge is 0.410 e. The first-order valence-electron chi connectivity index (χ1n) is 14.9. The predicted molar refractivity (Wildman–Crippen MR) is 162 cm³/mol. The number of carbonyl (C=O) groups excluding carboxylic acids is 2. The standard InChI is InChI=1S/C18H25NO5.C16H14F3NO/c1-18(2,3)24-17(20)19-8-4-5-13(10-19)11-21-14-6-7-15-16(9-14)23-12-22-15;17-13-5-2-1-4-11(13)10-16(21)20-9-8-12-14(18)6-3-7-15(12)19/h6-7,9,13H,4-5,8,10-12H2,1-3H3;1-7H,8-10H2,(H,20,21). The van der Waals surface area contributed by atoms with Crippen molar-refractivity contribution in [3.8, 4) is 17.2 Å². The van der Waals surface area contributed by atoms with Crippen LogP contribution in [0.1, 0.15) is 44.7 Å². The van der Waals surface area contributed by atoms with E-state index in [4.69, 9.17) is 18.9 Å². The van der Waals surface area contributed by atoms with Crippen molar-refractivity contribution in [1.82, 2.24) is 10.2 Å². The number of ether oxygens (including phenoxy) is 4. The first-order chi connectivity index (χ1) is 21.5. The average Bonchev–Trinajstić information content (AvgIpc) is 3.47. The lowest BCUT2D eigenvalue weighted by atomic mass is 9.99. The van der Waals surface area contributed by atoms with Gasteiger partial charge in [0, 0.05) is 37.2 Å². The van der Waals surface area contributed by atoms with E-state index in [1.807, 2.05) is 39.0 Å². The van der Waals surface area contributed by atoms with Gasteiger partial charge in [-0.3, -0.25) is 4.79 Å². The molecule has 8 nitrogen and oxygen atoms in total. The van der Waals surface area contributed by atoms with Gasteiger partial charge in [0.1, 0.15) is 28.8 Å². The van der Waals surface area contributed by atoms with Gasteiger partial charge >= 0.3 is 6.09 Å². The molecule has 0 aliphatic carbocycles. The summed E-state index contributed by atoms with van der Waals surface area (Å²) >= 11 is 0. The number of fused-ring (bicyclic) bond motifs is 1. The summed E-state index contributed by atoms with van der Waals surface area (Å²) in [6.07, 6.45) is 1.71. The van der Waals surface area contributed by atoms with Crippen molar-refractivity contribution < 1.29 is 41.7 Å². The van der Waals surface area contributed by atoms with Crippen LogP contribution in [0.15, 0.2) is 60.7 Å². The molecule has 0 radical (unpaired) electrons. The first kappa shape index (κ1) is 33.5. The number of nitrogens with one attached hydrogen (secondary N) is 1. The van der Waals surface area contributed by atoms with Crippen molar-refractivity contribution in [1.29, 1.82) is 0 Å². The molecular weight excluding hydrogens is 589 g/mol. The van der Waals surface area contributed by atoms with Crippen molar-refractivity contribution in [2.45, 2.75) is 52.1 Å². The Morgan fingerprint density at radius 2 is 1.67 bits per heavy atom. The van der Waals surface area contributed by atoms with Gasteiger partial charge in [0.15, 0.2) is 11.5 Å². The molecule has 3 aromatic rings. The van der Waals surface area contributed by atoms with Crippen LogP contribution in [0.5, 0.6) is 17.2 Å². The molecule has 2 heterocycles. The van der Waals surface area contributed by atoms with Crippen LogP contribution in [0.4, 0.5) is 18.0 Å². The maximum absolute atomic E-state index is 13.4. The molecule has 1 fully saturated rings. The van der Waals surface area contributed by atoms with E-state index in [1.54, 1.807) is 11.0 Å². The van der Waals surface area contributed by atoms with Crippen molar-refractivity contribution in [3.05, 3.63) is 89.2 Å². The summed E-state index contributed by atoms with van der Waals surface area (Å²) in [5.41, 5.74) is -0.247. The number of halogens is 3. The van der Waals surface area contributed by atoms with E-state index in [1.165, 1.54) is 36.4 Å². The Morgan fingerprint density at radius 1 is 0.956 bits per heavy atom. The molecule has 0 saturated carbocycles. The molecule has 3 aromatic carbocycles. The van der Waals surface area contributed by atoms with Crippen molar-refractivity contribution in [2.24, 2.45) is 5.92 Å². The minimum Gasteiger partial charge on any atom is -0.493 e. The topological polar surface area (TPSA) is 86.3 Å². The Kier molecular flexibility index (Phi) is 11.6. The van der Waals surface area contributed by atoms with Crippen LogP contribution in [0.3, 0.4) is 0 Å². The second-order valence-electron chi connectivity index (χ2n) is 11.8. The van der Waals surface area contributed by atoms with Gasteiger partial charge in [-0.25, -0.2) is 18.0 Å². The number of hydrogen-bond donors (Lipinski definition) is 1. The molecule has 2 aliphatic heterocycles. The maximum Gasteiger partial charge on any atom is 0.410 e. The number of likely N-dealkylation sites (tertiary alicyclic amines) is 1. The Bertz CT molecular complexity index is 1440. The lowest BCUT2D eigenvalue weighted by molar-refractivity contribution is -0.120. The zero-order chi connectivity index (χ0) is 32.4. The third-order valence-corrected chi connectivity index (χ3v) is 7.07. The molecule has 5 rings (SSSR count). The minimum absolute atomic E-state index is 0.0432. The van der Waals surface area contributed by atoms with E-state index in [0.717, 1.165) is 30.9 Å². The molecule has 45 heavy (non-hydrogen) atoms. The molecular formula is C34H39F3N2O6. The Balaban J connectivity index is 0.000000207. The Morgan fingerprint density at radius 3 is 2.40 bits per heavy atom. The van der Waals surface area contributed by atoms with Crippen LogP contribution < -0.4 is 19.5 Å². The summed E-state index contributed by atoms with van der Waals surface area (Å²) in [6.45, 7) is 7.98. The van der Waals surface area contributed by atoms with Crippen molar-refractivity contribution in [3.63, 3.8) is 0 Å². The highest BCUT2D eigenvalue weighted by atomic mass is 19.1. The summed E-state index contributed by atoms with van der Waals surface area (Å²) in [7, 11) is 0. The van der Waals surface area contributed by atoms with Gasteiger partial charge < -0.3 is 29.2 Å². The molecule has 0 spiro atoms. The molecule has 2 aliphatic rings. The first-order valence-corrected chi connectivity index (χ1v) is 14.9. The molecule has 1 unspecified atom stereocenters. The van der Waals surface area contributed by atoms with Crippen LogP contribution in [0.2, 0.25) is 0 Å². The van der Waals surface area contributed by atoms with E-state index in [-0.39, 0.29) is 43.4 Å². The van der Waals surface area contributed by atoms with Crippen LogP contribution in [0.25, 0.3) is 0 Å². The fourth-order valence-corrected chi connectivity index (χ4v) is 4.85. The molecule has 11 heteroatoms. The van der Waals surface area contributed by atoms with Crippen LogP contribution in [-0.2, 0) is 22.4 Å². The zero-order valence-electron chi connectivity index (χ0n) is 25.7. The van der Waals surface area contributed by atoms with Crippen LogP contribution >= 0.6 is 0 Å². The molecule has 1 saturated heterocycles. The lowest BCUT2D eigenvalue weighted by Gasteiger charge is -2.34. The van der Waals surface area contributed by atoms with E-state index < -0.39 is 29.0 Å². The monoisotopic (exact) mass is 628 g/mol. The summed E-state index contributed by atoms with van der Waals surface area (Å²) in [5.74, 6) is 0.398. The van der Waals surface area contributed by atoms with Gasteiger partial charge in [-0.1, -0.05) is 24.3 Å². The number of hydrogen-bond acceptors (Lipinski definition) is 6. The number of amides is 2. The number of nitrogens with zero attached hydrogens (tertiary/aromatic N) is 1.